The van der Waals surface area contributed by atoms with Crippen LogP contribution in [-0.4, -0.2) is 8.42 Å². The molecule has 1 aromatic heterocycles. The van der Waals surface area contributed by atoms with Crippen LogP contribution in [-0.2, 0) is 9.84 Å². The average Bonchev–Trinajstić information content (AvgIpc) is 3.09. The maximum atomic E-state index is 13.4. The van der Waals surface area contributed by atoms with Gasteiger partial charge in [-0.15, -0.1) is 11.3 Å². The lowest BCUT2D eigenvalue weighted by Crippen LogP contribution is -2.10. The molecular weight excluding hydrogens is 388 g/mol. The number of allylic oxidation sites excluding steroid dienone is 4. The SMILES string of the molecule is Cc1ccc(C2=CC(=C(C#N)C#N)C=C(c3ccc(C(C)C)cc3)S2(=O)=O)s1. The van der Waals surface area contributed by atoms with E-state index in [1.165, 1.54) is 23.5 Å². The zero-order valence-corrected chi connectivity index (χ0v) is 17.4. The normalized spacial score (nSPS) is 15.4. The minimum absolute atomic E-state index is 0.101. The third kappa shape index (κ3) is 3.57. The Morgan fingerprint density at radius 1 is 0.964 bits per heavy atom. The first-order valence-corrected chi connectivity index (χ1v) is 11.0. The number of benzene rings is 1. The quantitative estimate of drug-likeness (QED) is 0.645. The Morgan fingerprint density at radius 3 is 2.07 bits per heavy atom. The number of aryl methyl sites for hydroxylation is 1. The Kier molecular flexibility index (Phi) is 5.38. The van der Waals surface area contributed by atoms with Crippen LogP contribution >= 0.6 is 11.3 Å². The standard InChI is InChI=1S/C22H18N2O2S2/c1-14(2)16-5-7-17(8-6-16)21-10-18(19(12-23)13-24)11-22(28(21,25)26)20-9-4-15(3)27-20/h4-11,14H,1-3H3. The summed E-state index contributed by atoms with van der Waals surface area (Å²) >= 11 is 1.37. The van der Waals surface area contributed by atoms with Gasteiger partial charge in [-0.25, -0.2) is 8.42 Å². The van der Waals surface area contributed by atoms with Gasteiger partial charge in [-0.2, -0.15) is 10.5 Å². The predicted octanol–water partition coefficient (Wildman–Crippen LogP) is 5.33. The molecule has 28 heavy (non-hydrogen) atoms. The van der Waals surface area contributed by atoms with Crippen molar-refractivity contribution in [3.05, 3.63) is 80.6 Å². The predicted molar refractivity (Wildman–Crippen MR) is 113 cm³/mol. The minimum Gasteiger partial charge on any atom is -0.218 e. The molecule has 1 aromatic carbocycles. The van der Waals surface area contributed by atoms with Crippen LogP contribution in [0.1, 0.15) is 40.6 Å². The van der Waals surface area contributed by atoms with Gasteiger partial charge >= 0.3 is 0 Å². The number of hydrogen-bond donors (Lipinski definition) is 0. The lowest BCUT2D eigenvalue weighted by Gasteiger charge is -2.18. The van der Waals surface area contributed by atoms with Crippen molar-refractivity contribution in [3.8, 4) is 12.1 Å². The van der Waals surface area contributed by atoms with E-state index in [2.05, 4.69) is 13.8 Å². The maximum Gasteiger partial charge on any atom is 0.208 e. The number of thiophene rings is 1. The maximum absolute atomic E-state index is 13.4. The summed E-state index contributed by atoms with van der Waals surface area (Å²) in [5.74, 6) is 0.329. The van der Waals surface area contributed by atoms with E-state index in [0.717, 1.165) is 10.4 Å². The number of rotatable bonds is 3. The van der Waals surface area contributed by atoms with E-state index in [4.69, 9.17) is 0 Å². The average molecular weight is 407 g/mol. The summed E-state index contributed by atoms with van der Waals surface area (Å²) in [5, 5.41) is 18.6. The summed E-state index contributed by atoms with van der Waals surface area (Å²) in [6, 6.07) is 14.7. The largest absolute Gasteiger partial charge is 0.218 e. The van der Waals surface area contributed by atoms with E-state index < -0.39 is 9.84 Å². The van der Waals surface area contributed by atoms with Crippen LogP contribution in [0.15, 0.2) is 59.7 Å². The van der Waals surface area contributed by atoms with E-state index in [1.807, 2.05) is 37.3 Å². The third-order valence-corrected chi connectivity index (χ3v) is 7.52. The molecule has 0 amide bonds. The number of sulfone groups is 1. The fourth-order valence-electron chi connectivity index (χ4n) is 2.94. The molecule has 4 nitrogen and oxygen atoms in total. The van der Waals surface area contributed by atoms with Crippen LogP contribution < -0.4 is 0 Å². The van der Waals surface area contributed by atoms with Crippen molar-refractivity contribution in [2.45, 2.75) is 26.7 Å². The van der Waals surface area contributed by atoms with Crippen molar-refractivity contribution in [1.29, 1.82) is 10.5 Å². The zero-order valence-electron chi connectivity index (χ0n) is 15.7. The molecule has 3 rings (SSSR count). The molecule has 0 saturated carbocycles. The summed E-state index contributed by atoms with van der Waals surface area (Å²) in [6.45, 7) is 6.04. The van der Waals surface area contributed by atoms with Crippen LogP contribution in [0.4, 0.5) is 0 Å². The first kappa shape index (κ1) is 19.8. The van der Waals surface area contributed by atoms with Gasteiger partial charge in [-0.3, -0.25) is 0 Å². The number of hydrogen-bond acceptors (Lipinski definition) is 5. The van der Waals surface area contributed by atoms with Gasteiger partial charge in [0.15, 0.2) is 0 Å². The molecule has 0 bridgehead atoms. The zero-order chi connectivity index (χ0) is 20.5. The molecule has 0 radical (unpaired) electrons. The van der Waals surface area contributed by atoms with Gasteiger partial charge < -0.3 is 0 Å². The van der Waals surface area contributed by atoms with Gasteiger partial charge in [0.1, 0.15) is 17.7 Å². The van der Waals surface area contributed by atoms with Crippen LogP contribution in [0.25, 0.3) is 9.81 Å². The van der Waals surface area contributed by atoms with Crippen LogP contribution in [0.5, 0.6) is 0 Å². The lowest BCUT2D eigenvalue weighted by molar-refractivity contribution is 0.614. The van der Waals surface area contributed by atoms with Crippen LogP contribution in [0.2, 0.25) is 0 Å². The second kappa shape index (κ2) is 7.59. The van der Waals surface area contributed by atoms with Crippen molar-refractivity contribution < 1.29 is 8.42 Å². The van der Waals surface area contributed by atoms with Crippen LogP contribution in [0, 0.1) is 29.6 Å². The minimum atomic E-state index is -3.79. The Morgan fingerprint density at radius 2 is 1.57 bits per heavy atom. The van der Waals surface area contributed by atoms with Crippen molar-refractivity contribution in [2.75, 3.05) is 0 Å². The van der Waals surface area contributed by atoms with Gasteiger partial charge in [0, 0.05) is 15.3 Å². The number of nitriles is 2. The molecule has 1 aliphatic rings. The van der Waals surface area contributed by atoms with E-state index in [9.17, 15) is 18.9 Å². The molecule has 140 valence electrons. The Bertz CT molecular complexity index is 1190. The molecule has 0 saturated heterocycles. The van der Waals surface area contributed by atoms with Crippen molar-refractivity contribution >= 4 is 31.0 Å². The summed E-state index contributed by atoms with van der Waals surface area (Å²) in [4.78, 5) is 1.79. The Balaban J connectivity index is 2.25. The van der Waals surface area contributed by atoms with Gasteiger partial charge in [0.2, 0.25) is 9.84 Å². The van der Waals surface area contributed by atoms with E-state index in [0.29, 0.717) is 21.9 Å². The molecule has 0 spiro atoms. The molecule has 0 fully saturated rings. The number of nitrogens with zero attached hydrogens (tertiary/aromatic N) is 2. The van der Waals surface area contributed by atoms with Gasteiger partial charge in [0.05, 0.1) is 9.81 Å². The molecular formula is C22H18N2O2S2. The van der Waals surface area contributed by atoms with Gasteiger partial charge in [-0.1, -0.05) is 38.1 Å². The Labute approximate surface area is 169 Å². The molecule has 2 heterocycles. The van der Waals surface area contributed by atoms with Gasteiger partial charge in [0.25, 0.3) is 0 Å². The molecule has 2 aromatic rings. The molecule has 0 N–H and O–H groups in total. The highest BCUT2D eigenvalue weighted by molar-refractivity contribution is 8.09. The topological polar surface area (TPSA) is 81.7 Å². The molecule has 0 aliphatic carbocycles. The van der Waals surface area contributed by atoms with Gasteiger partial charge in [-0.05, 0) is 48.3 Å². The monoisotopic (exact) mass is 406 g/mol. The first-order valence-electron chi connectivity index (χ1n) is 8.68. The van der Waals surface area contributed by atoms with E-state index >= 15 is 0 Å². The smallest absolute Gasteiger partial charge is 0.208 e. The van der Waals surface area contributed by atoms with E-state index in [1.54, 1.807) is 18.2 Å². The fourth-order valence-corrected chi connectivity index (χ4v) is 5.75. The summed E-state index contributed by atoms with van der Waals surface area (Å²) in [5.41, 5.74) is 1.84. The summed E-state index contributed by atoms with van der Waals surface area (Å²) in [6.07, 6.45) is 2.85. The molecule has 1 aliphatic heterocycles. The fraction of sp³-hybridized carbons (Fsp3) is 0.182. The summed E-state index contributed by atoms with van der Waals surface area (Å²) in [7, 11) is -3.79. The molecule has 0 unspecified atom stereocenters. The van der Waals surface area contributed by atoms with E-state index in [-0.39, 0.29) is 15.4 Å². The second-order valence-corrected chi connectivity index (χ2v) is 9.94. The van der Waals surface area contributed by atoms with Crippen molar-refractivity contribution in [3.63, 3.8) is 0 Å². The van der Waals surface area contributed by atoms with Crippen molar-refractivity contribution in [2.24, 2.45) is 0 Å². The Hall–Kier alpha value is -2.93. The summed E-state index contributed by atoms with van der Waals surface area (Å²) < 4.78 is 26.7. The lowest BCUT2D eigenvalue weighted by atomic mass is 10.0. The third-order valence-electron chi connectivity index (χ3n) is 4.51. The molecule has 0 atom stereocenters. The second-order valence-electron chi connectivity index (χ2n) is 6.76. The highest BCUT2D eigenvalue weighted by Gasteiger charge is 2.31. The first-order chi connectivity index (χ1) is 13.3. The highest BCUT2D eigenvalue weighted by atomic mass is 32.2. The van der Waals surface area contributed by atoms with Crippen molar-refractivity contribution in [1.82, 2.24) is 0 Å². The van der Waals surface area contributed by atoms with Crippen LogP contribution in [0.3, 0.4) is 0 Å². The molecule has 6 heteroatoms. The highest BCUT2D eigenvalue weighted by Crippen LogP contribution is 2.41.